The molecular weight excluding hydrogens is 340 g/mol. The molecule has 0 aliphatic rings. The van der Waals surface area contributed by atoms with Gasteiger partial charge in [-0.2, -0.15) is 4.98 Å². The molecule has 2 aromatic carbocycles. The number of fused-ring (bicyclic) bond motifs is 1. The fraction of sp³-hybridized carbons (Fsp3) is 0.0952. The number of pyridine rings is 1. The Morgan fingerprint density at radius 3 is 2.52 bits per heavy atom. The Kier molecular flexibility index (Phi) is 4.63. The normalized spacial score (nSPS) is 10.9. The summed E-state index contributed by atoms with van der Waals surface area (Å²) >= 11 is 0. The van der Waals surface area contributed by atoms with Crippen molar-refractivity contribution in [2.75, 3.05) is 18.5 Å². The van der Waals surface area contributed by atoms with Crippen molar-refractivity contribution >= 4 is 16.6 Å². The van der Waals surface area contributed by atoms with Gasteiger partial charge in [-0.05, 0) is 34.5 Å². The number of aromatic nitrogens is 3. The topological polar surface area (TPSA) is 90.9 Å². The Labute approximate surface area is 155 Å². The van der Waals surface area contributed by atoms with E-state index in [0.29, 0.717) is 18.1 Å². The molecule has 6 nitrogen and oxygen atoms in total. The molecule has 0 bridgehead atoms. The van der Waals surface area contributed by atoms with Gasteiger partial charge >= 0.3 is 5.69 Å². The van der Waals surface area contributed by atoms with E-state index in [-0.39, 0.29) is 6.61 Å². The first-order valence-corrected chi connectivity index (χ1v) is 8.65. The van der Waals surface area contributed by atoms with Gasteiger partial charge in [0.05, 0.1) is 12.3 Å². The van der Waals surface area contributed by atoms with Crippen molar-refractivity contribution in [3.63, 3.8) is 0 Å². The molecule has 0 saturated heterocycles. The minimum atomic E-state index is -0.452. The quantitative estimate of drug-likeness (QED) is 0.510. The number of aliphatic hydroxyl groups is 1. The molecule has 27 heavy (non-hydrogen) atoms. The van der Waals surface area contributed by atoms with Crippen LogP contribution in [0.25, 0.3) is 33.2 Å². The monoisotopic (exact) mass is 358 g/mol. The first kappa shape index (κ1) is 16.9. The van der Waals surface area contributed by atoms with Gasteiger partial charge in [-0.3, -0.25) is 4.98 Å². The average Bonchev–Trinajstić information content (AvgIpc) is 2.72. The van der Waals surface area contributed by atoms with E-state index in [4.69, 9.17) is 0 Å². The molecule has 0 spiro atoms. The van der Waals surface area contributed by atoms with Crippen LogP contribution in [0.1, 0.15) is 0 Å². The van der Waals surface area contributed by atoms with Crippen LogP contribution in [0.2, 0.25) is 0 Å². The highest BCUT2D eigenvalue weighted by Crippen LogP contribution is 2.35. The van der Waals surface area contributed by atoms with Gasteiger partial charge in [-0.25, -0.2) is 4.79 Å². The highest BCUT2D eigenvalue weighted by molar-refractivity contribution is 5.93. The Balaban J connectivity index is 1.99. The van der Waals surface area contributed by atoms with E-state index < -0.39 is 5.69 Å². The number of H-pyrrole nitrogens is 1. The van der Waals surface area contributed by atoms with Gasteiger partial charge < -0.3 is 15.4 Å². The van der Waals surface area contributed by atoms with E-state index in [9.17, 15) is 9.90 Å². The summed E-state index contributed by atoms with van der Waals surface area (Å²) in [5.41, 5.74) is 2.74. The maximum atomic E-state index is 12.2. The van der Waals surface area contributed by atoms with Crippen molar-refractivity contribution in [2.24, 2.45) is 0 Å². The lowest BCUT2D eigenvalue weighted by molar-refractivity contribution is 0.311. The third-order valence-corrected chi connectivity index (χ3v) is 4.34. The van der Waals surface area contributed by atoms with Gasteiger partial charge in [0, 0.05) is 30.1 Å². The Morgan fingerprint density at radius 2 is 1.74 bits per heavy atom. The second kappa shape index (κ2) is 7.39. The van der Waals surface area contributed by atoms with Gasteiger partial charge in [0.25, 0.3) is 0 Å². The van der Waals surface area contributed by atoms with Gasteiger partial charge in [-0.15, -0.1) is 0 Å². The Hall–Kier alpha value is -3.51. The lowest BCUT2D eigenvalue weighted by Gasteiger charge is -2.15. The summed E-state index contributed by atoms with van der Waals surface area (Å²) in [6, 6.07) is 17.9. The molecule has 134 valence electrons. The number of aliphatic hydroxyl groups excluding tert-OH is 1. The van der Waals surface area contributed by atoms with Crippen LogP contribution in [-0.4, -0.2) is 33.2 Å². The molecule has 0 saturated carbocycles. The van der Waals surface area contributed by atoms with E-state index in [1.165, 1.54) is 0 Å². The lowest BCUT2D eigenvalue weighted by Crippen LogP contribution is -2.18. The third kappa shape index (κ3) is 3.43. The van der Waals surface area contributed by atoms with Crippen molar-refractivity contribution in [1.82, 2.24) is 15.0 Å². The predicted octanol–water partition coefficient (Wildman–Crippen LogP) is 3.06. The van der Waals surface area contributed by atoms with Crippen molar-refractivity contribution in [3.8, 4) is 22.4 Å². The highest BCUT2D eigenvalue weighted by Gasteiger charge is 2.16. The molecule has 0 aliphatic heterocycles. The lowest BCUT2D eigenvalue weighted by atomic mass is 9.97. The summed E-state index contributed by atoms with van der Waals surface area (Å²) in [4.78, 5) is 23.2. The second-order valence-corrected chi connectivity index (χ2v) is 6.09. The van der Waals surface area contributed by atoms with Crippen LogP contribution in [0.3, 0.4) is 0 Å². The Morgan fingerprint density at radius 1 is 0.963 bits per heavy atom. The van der Waals surface area contributed by atoms with E-state index in [1.807, 2.05) is 42.5 Å². The van der Waals surface area contributed by atoms with Crippen molar-refractivity contribution in [3.05, 3.63) is 77.5 Å². The molecule has 4 rings (SSSR count). The average molecular weight is 358 g/mol. The number of anilines is 1. The van der Waals surface area contributed by atoms with E-state index in [1.54, 1.807) is 12.4 Å². The molecular formula is C21H18N4O2. The number of benzene rings is 2. The van der Waals surface area contributed by atoms with Crippen LogP contribution in [0.15, 0.2) is 71.8 Å². The summed E-state index contributed by atoms with van der Waals surface area (Å²) in [6.45, 7) is 0.239. The van der Waals surface area contributed by atoms with Gasteiger partial charge in [0.1, 0.15) is 5.82 Å². The third-order valence-electron chi connectivity index (χ3n) is 4.34. The zero-order chi connectivity index (χ0) is 18.6. The van der Waals surface area contributed by atoms with Crippen LogP contribution in [0.5, 0.6) is 0 Å². The first-order valence-electron chi connectivity index (χ1n) is 8.65. The molecule has 3 N–H and O–H groups in total. The van der Waals surface area contributed by atoms with Gasteiger partial charge in [0.2, 0.25) is 0 Å². The summed E-state index contributed by atoms with van der Waals surface area (Å²) in [5, 5.41) is 14.5. The van der Waals surface area contributed by atoms with Crippen LogP contribution < -0.4 is 11.0 Å². The molecule has 0 atom stereocenters. The summed E-state index contributed by atoms with van der Waals surface area (Å²) < 4.78 is 0. The van der Waals surface area contributed by atoms with E-state index in [0.717, 1.165) is 27.5 Å². The molecule has 0 radical (unpaired) electrons. The van der Waals surface area contributed by atoms with Gasteiger partial charge in [-0.1, -0.05) is 36.4 Å². The first-order chi connectivity index (χ1) is 13.3. The molecule has 0 aliphatic carbocycles. The second-order valence-electron chi connectivity index (χ2n) is 6.09. The standard InChI is InChI=1S/C21H18N4O2/c26-12-11-23-20-18(17-6-5-14-3-1-2-4-16(14)13-17)19(24-21(27)25-20)15-7-9-22-10-8-15/h1-10,13,26H,11-12H2,(H2,23,24,25,27). The molecule has 6 heteroatoms. The van der Waals surface area contributed by atoms with E-state index in [2.05, 4.69) is 32.4 Å². The van der Waals surface area contributed by atoms with Crippen LogP contribution in [0, 0.1) is 0 Å². The van der Waals surface area contributed by atoms with E-state index >= 15 is 0 Å². The fourth-order valence-electron chi connectivity index (χ4n) is 3.14. The minimum Gasteiger partial charge on any atom is -0.395 e. The molecule has 4 aromatic rings. The summed E-state index contributed by atoms with van der Waals surface area (Å²) in [6.07, 6.45) is 3.36. The van der Waals surface area contributed by atoms with Crippen LogP contribution >= 0.6 is 0 Å². The number of hydrogen-bond acceptors (Lipinski definition) is 5. The maximum absolute atomic E-state index is 12.2. The molecule has 2 heterocycles. The van der Waals surface area contributed by atoms with Crippen LogP contribution in [0.4, 0.5) is 5.82 Å². The number of nitrogens with one attached hydrogen (secondary N) is 2. The zero-order valence-electron chi connectivity index (χ0n) is 14.5. The summed E-state index contributed by atoms with van der Waals surface area (Å²) in [7, 11) is 0. The number of rotatable bonds is 5. The number of hydrogen-bond donors (Lipinski definition) is 3. The SMILES string of the molecule is O=c1nc(NCCO)c(-c2ccc3ccccc3c2)c(-c2ccncc2)[nH]1. The smallest absolute Gasteiger partial charge is 0.347 e. The van der Waals surface area contributed by atoms with Crippen molar-refractivity contribution < 1.29 is 5.11 Å². The van der Waals surface area contributed by atoms with Crippen molar-refractivity contribution in [2.45, 2.75) is 0 Å². The minimum absolute atomic E-state index is 0.0593. The molecule has 0 unspecified atom stereocenters. The van der Waals surface area contributed by atoms with Crippen LogP contribution in [-0.2, 0) is 0 Å². The highest BCUT2D eigenvalue weighted by atomic mass is 16.3. The fourth-order valence-corrected chi connectivity index (χ4v) is 3.14. The number of nitrogens with zero attached hydrogens (tertiary/aromatic N) is 2. The predicted molar refractivity (Wildman–Crippen MR) is 107 cm³/mol. The Bertz CT molecular complexity index is 1140. The largest absolute Gasteiger partial charge is 0.395 e. The van der Waals surface area contributed by atoms with Gasteiger partial charge in [0.15, 0.2) is 0 Å². The summed E-state index contributed by atoms with van der Waals surface area (Å²) in [5.74, 6) is 0.440. The molecule has 0 fully saturated rings. The molecule has 2 aromatic heterocycles. The zero-order valence-corrected chi connectivity index (χ0v) is 14.5. The van der Waals surface area contributed by atoms with Crippen molar-refractivity contribution in [1.29, 1.82) is 0 Å². The number of aromatic amines is 1. The molecule has 0 amide bonds. The maximum Gasteiger partial charge on any atom is 0.347 e.